The lowest BCUT2D eigenvalue weighted by molar-refractivity contribution is -0.384. The molecule has 4 rings (SSSR count). The average Bonchev–Trinajstić information content (AvgIpc) is 3.39. The van der Waals surface area contributed by atoms with Crippen molar-refractivity contribution in [2.45, 2.75) is 46.0 Å². The first-order valence-corrected chi connectivity index (χ1v) is 12.1. The molecule has 0 N–H and O–H groups in total. The number of ether oxygens (including phenoxy) is 1. The van der Waals surface area contributed by atoms with Crippen molar-refractivity contribution in [2.24, 2.45) is 5.92 Å². The van der Waals surface area contributed by atoms with Crippen molar-refractivity contribution >= 4 is 17.4 Å². The van der Waals surface area contributed by atoms with Crippen molar-refractivity contribution in [3.05, 3.63) is 57.0 Å². The Balaban J connectivity index is 1.57. The van der Waals surface area contributed by atoms with Crippen LogP contribution < -0.4 is 4.90 Å². The van der Waals surface area contributed by atoms with Gasteiger partial charge >= 0.3 is 0 Å². The van der Waals surface area contributed by atoms with Gasteiger partial charge in [0.1, 0.15) is 11.6 Å². The summed E-state index contributed by atoms with van der Waals surface area (Å²) < 4.78 is 5.40. The maximum absolute atomic E-state index is 12.8. The van der Waals surface area contributed by atoms with Crippen LogP contribution in [-0.2, 0) is 16.0 Å². The Kier molecular flexibility index (Phi) is 7.41. The number of aromatic nitrogens is 2. The second-order valence-corrected chi connectivity index (χ2v) is 9.25. The maximum atomic E-state index is 12.8. The van der Waals surface area contributed by atoms with Gasteiger partial charge in [0.15, 0.2) is 0 Å². The number of carbonyl (C=O) groups excluding carboxylic acids is 1. The van der Waals surface area contributed by atoms with Gasteiger partial charge in [-0.05, 0) is 25.3 Å². The van der Waals surface area contributed by atoms with Crippen LogP contribution in [0.5, 0.6) is 0 Å². The molecule has 2 saturated heterocycles. The van der Waals surface area contributed by atoms with Gasteiger partial charge in [0, 0.05) is 68.5 Å². The van der Waals surface area contributed by atoms with E-state index >= 15 is 0 Å². The molecule has 2 unspecified atom stereocenters. The van der Waals surface area contributed by atoms with Crippen molar-refractivity contribution in [3.8, 4) is 0 Å². The topological polar surface area (TPSA) is 102 Å². The van der Waals surface area contributed by atoms with Crippen LogP contribution in [0.3, 0.4) is 0 Å². The van der Waals surface area contributed by atoms with E-state index in [1.165, 1.54) is 12.1 Å². The lowest BCUT2D eigenvalue weighted by Gasteiger charge is -2.37. The average molecular weight is 468 g/mol. The molecule has 182 valence electrons. The van der Waals surface area contributed by atoms with E-state index in [9.17, 15) is 14.9 Å². The monoisotopic (exact) mass is 467 g/mol. The minimum Gasteiger partial charge on any atom is -0.381 e. The molecular weight excluding hydrogens is 434 g/mol. The van der Waals surface area contributed by atoms with Crippen LogP contribution in [0, 0.1) is 23.0 Å². The van der Waals surface area contributed by atoms with Gasteiger partial charge in [0.05, 0.1) is 17.4 Å². The molecule has 3 heterocycles. The summed E-state index contributed by atoms with van der Waals surface area (Å²) in [7, 11) is 0. The largest absolute Gasteiger partial charge is 0.381 e. The Morgan fingerprint density at radius 1 is 1.21 bits per heavy atom. The summed E-state index contributed by atoms with van der Waals surface area (Å²) in [5, 5.41) is 11.0. The van der Waals surface area contributed by atoms with Crippen LogP contribution in [0.2, 0.25) is 0 Å². The minimum absolute atomic E-state index is 0.0115. The molecule has 0 spiro atoms. The second kappa shape index (κ2) is 10.5. The lowest BCUT2D eigenvalue weighted by Crippen LogP contribution is -2.51. The Morgan fingerprint density at radius 3 is 2.50 bits per heavy atom. The van der Waals surface area contributed by atoms with E-state index in [1.54, 1.807) is 12.1 Å². The number of carbonyl (C=O) groups is 1. The fourth-order valence-electron chi connectivity index (χ4n) is 4.54. The summed E-state index contributed by atoms with van der Waals surface area (Å²) >= 11 is 0. The highest BCUT2D eigenvalue weighted by molar-refractivity contribution is 5.79. The molecular formula is C25H33N5O4. The van der Waals surface area contributed by atoms with Crippen LogP contribution in [-0.4, -0.2) is 65.1 Å². The van der Waals surface area contributed by atoms with Gasteiger partial charge in [-0.2, -0.15) is 0 Å². The number of aryl methyl sites for hydroxylation is 1. The van der Waals surface area contributed by atoms with Gasteiger partial charge in [0.2, 0.25) is 5.91 Å². The van der Waals surface area contributed by atoms with E-state index < -0.39 is 0 Å². The number of nitro benzene ring substituents is 1. The molecule has 2 aromatic rings. The molecule has 1 aromatic carbocycles. The molecule has 2 aliphatic rings. The van der Waals surface area contributed by atoms with E-state index in [0.29, 0.717) is 45.8 Å². The first-order valence-electron chi connectivity index (χ1n) is 12.1. The number of amides is 1. The molecule has 1 amide bonds. The molecule has 34 heavy (non-hydrogen) atoms. The number of nitrogens with zero attached hydrogens (tertiary/aromatic N) is 5. The van der Waals surface area contributed by atoms with Gasteiger partial charge in [0.25, 0.3) is 5.69 Å². The third kappa shape index (κ3) is 5.19. The minimum atomic E-state index is -0.386. The van der Waals surface area contributed by atoms with Crippen LogP contribution in [0.15, 0.2) is 24.3 Å². The first-order chi connectivity index (χ1) is 16.4. The van der Waals surface area contributed by atoms with Crippen molar-refractivity contribution < 1.29 is 14.5 Å². The van der Waals surface area contributed by atoms with Crippen molar-refractivity contribution in [3.63, 3.8) is 0 Å². The number of benzene rings is 1. The van der Waals surface area contributed by atoms with Gasteiger partial charge in [-0.1, -0.05) is 26.0 Å². The number of hydrogen-bond acceptors (Lipinski definition) is 7. The van der Waals surface area contributed by atoms with Gasteiger partial charge < -0.3 is 14.5 Å². The Bertz CT molecular complexity index is 1030. The van der Waals surface area contributed by atoms with Crippen LogP contribution in [0.4, 0.5) is 11.5 Å². The van der Waals surface area contributed by atoms with E-state index in [0.717, 1.165) is 41.3 Å². The summed E-state index contributed by atoms with van der Waals surface area (Å²) in [5.41, 5.74) is 3.02. The molecule has 0 aliphatic carbocycles. The van der Waals surface area contributed by atoms with Gasteiger partial charge in [-0.15, -0.1) is 0 Å². The fraction of sp³-hybridized carbons (Fsp3) is 0.560. The van der Waals surface area contributed by atoms with Crippen molar-refractivity contribution in [1.29, 1.82) is 0 Å². The standard InChI is InChI=1S/C25H33N5O4/c1-4-17(2)23-26-18(3)22(15-19-5-7-21(8-6-19)30(32)33)24(27-23)28-10-12-29(13-11-28)25(31)20-9-14-34-16-20/h5-8,17,20H,4,9-16H2,1-3H3. The van der Waals surface area contributed by atoms with Crippen LogP contribution in [0.25, 0.3) is 0 Å². The van der Waals surface area contributed by atoms with Crippen molar-refractivity contribution in [2.75, 3.05) is 44.3 Å². The molecule has 2 aliphatic heterocycles. The van der Waals surface area contributed by atoms with Crippen LogP contribution in [0.1, 0.15) is 55.3 Å². The molecule has 9 heteroatoms. The highest BCUT2D eigenvalue weighted by atomic mass is 16.6. The van der Waals surface area contributed by atoms with E-state index in [4.69, 9.17) is 14.7 Å². The first kappa shape index (κ1) is 24.1. The molecule has 0 radical (unpaired) electrons. The Hall–Kier alpha value is -3.07. The predicted molar refractivity (Wildman–Crippen MR) is 129 cm³/mol. The SMILES string of the molecule is CCC(C)c1nc(C)c(Cc2ccc([N+](=O)[O-])cc2)c(N2CCN(C(=O)C3CCOC3)CC2)n1. The van der Waals surface area contributed by atoms with E-state index in [-0.39, 0.29) is 28.4 Å². The maximum Gasteiger partial charge on any atom is 0.269 e. The number of non-ortho nitro benzene ring substituents is 1. The summed E-state index contributed by atoms with van der Waals surface area (Å²) in [6.45, 7) is 10.2. The lowest BCUT2D eigenvalue weighted by atomic mass is 10.0. The zero-order chi connectivity index (χ0) is 24.2. The quantitative estimate of drug-likeness (QED) is 0.454. The van der Waals surface area contributed by atoms with Crippen molar-refractivity contribution in [1.82, 2.24) is 14.9 Å². The molecule has 2 atom stereocenters. The number of anilines is 1. The summed E-state index contributed by atoms with van der Waals surface area (Å²) in [6, 6.07) is 6.67. The highest BCUT2D eigenvalue weighted by Crippen LogP contribution is 2.29. The molecule has 9 nitrogen and oxygen atoms in total. The van der Waals surface area contributed by atoms with E-state index in [2.05, 4.69) is 18.7 Å². The van der Waals surface area contributed by atoms with Gasteiger partial charge in [-0.25, -0.2) is 9.97 Å². The Labute approximate surface area is 200 Å². The number of piperazine rings is 1. The predicted octanol–water partition coefficient (Wildman–Crippen LogP) is 3.48. The van der Waals surface area contributed by atoms with Crippen LogP contribution >= 0.6 is 0 Å². The number of nitro groups is 1. The molecule has 1 aromatic heterocycles. The summed E-state index contributed by atoms with van der Waals surface area (Å²) in [5.74, 6) is 2.18. The zero-order valence-electron chi connectivity index (χ0n) is 20.2. The van der Waals surface area contributed by atoms with E-state index in [1.807, 2.05) is 11.8 Å². The third-order valence-electron chi connectivity index (χ3n) is 6.96. The number of hydrogen-bond donors (Lipinski definition) is 0. The zero-order valence-corrected chi connectivity index (χ0v) is 20.2. The molecule has 0 saturated carbocycles. The molecule has 2 fully saturated rings. The smallest absolute Gasteiger partial charge is 0.269 e. The molecule has 0 bridgehead atoms. The fourth-order valence-corrected chi connectivity index (χ4v) is 4.54. The highest BCUT2D eigenvalue weighted by Gasteiger charge is 2.31. The van der Waals surface area contributed by atoms with Gasteiger partial charge in [-0.3, -0.25) is 14.9 Å². The Morgan fingerprint density at radius 2 is 1.91 bits per heavy atom. The number of rotatable bonds is 7. The summed E-state index contributed by atoms with van der Waals surface area (Å²) in [4.78, 5) is 37.5. The third-order valence-corrected chi connectivity index (χ3v) is 6.96. The summed E-state index contributed by atoms with van der Waals surface area (Å²) in [6.07, 6.45) is 2.35. The second-order valence-electron chi connectivity index (χ2n) is 9.25. The normalized spacial score (nSPS) is 19.3.